The van der Waals surface area contributed by atoms with Crippen molar-refractivity contribution in [2.24, 2.45) is 0 Å². The summed E-state index contributed by atoms with van der Waals surface area (Å²) in [5.74, 6) is -0.0287. The minimum Gasteiger partial charge on any atom is -0.495 e. The molecule has 8 nitrogen and oxygen atoms in total. The SMILES string of the molecule is CCCCOCCOCC(=O)Nc1cc(S(=O)(=O)N(CC)CC)ccc1OC. The first-order chi connectivity index (χ1) is 13.4. The number of nitrogens with one attached hydrogen (secondary N) is 1. The highest BCUT2D eigenvalue weighted by molar-refractivity contribution is 7.89. The molecule has 1 aromatic carbocycles. The zero-order valence-corrected chi connectivity index (χ0v) is 18.0. The number of nitrogens with zero attached hydrogens (tertiary/aromatic N) is 1. The zero-order chi connectivity index (χ0) is 21.0. The van der Waals surface area contributed by atoms with E-state index >= 15 is 0 Å². The largest absolute Gasteiger partial charge is 0.495 e. The molecule has 0 fully saturated rings. The van der Waals surface area contributed by atoms with Crippen molar-refractivity contribution in [1.29, 1.82) is 0 Å². The van der Waals surface area contributed by atoms with E-state index in [9.17, 15) is 13.2 Å². The van der Waals surface area contributed by atoms with E-state index in [0.717, 1.165) is 12.8 Å². The molecule has 160 valence electrons. The van der Waals surface area contributed by atoms with Crippen LogP contribution in [0.15, 0.2) is 23.1 Å². The maximum absolute atomic E-state index is 12.7. The summed E-state index contributed by atoms with van der Waals surface area (Å²) in [5, 5.41) is 2.65. The number of hydrogen-bond acceptors (Lipinski definition) is 6. The van der Waals surface area contributed by atoms with Gasteiger partial charge in [0.25, 0.3) is 0 Å². The molecule has 0 heterocycles. The second-order valence-electron chi connectivity index (χ2n) is 6.02. The standard InChI is InChI=1S/C19H32N2O6S/c1-5-8-11-26-12-13-27-15-19(22)20-17-14-16(9-10-18(17)25-4)28(23,24)21(6-2)7-3/h9-10,14H,5-8,11-13,15H2,1-4H3,(H,20,22). The van der Waals surface area contributed by atoms with E-state index in [2.05, 4.69) is 12.2 Å². The Kier molecular flexibility index (Phi) is 11.1. The number of rotatable bonds is 14. The predicted molar refractivity (Wildman–Crippen MR) is 108 cm³/mol. The molecule has 1 N–H and O–H groups in total. The lowest BCUT2D eigenvalue weighted by molar-refractivity contribution is -0.121. The molecule has 0 aliphatic carbocycles. The fourth-order valence-corrected chi connectivity index (χ4v) is 3.96. The third-order valence-electron chi connectivity index (χ3n) is 4.04. The quantitative estimate of drug-likeness (QED) is 0.468. The highest BCUT2D eigenvalue weighted by Crippen LogP contribution is 2.28. The van der Waals surface area contributed by atoms with Crippen LogP contribution in [0.5, 0.6) is 5.75 Å². The van der Waals surface area contributed by atoms with Crippen LogP contribution in [0.1, 0.15) is 33.6 Å². The molecule has 0 aliphatic heterocycles. The zero-order valence-electron chi connectivity index (χ0n) is 17.2. The van der Waals surface area contributed by atoms with E-state index in [1.54, 1.807) is 13.8 Å². The number of carbonyl (C=O) groups excluding carboxylic acids is 1. The van der Waals surface area contributed by atoms with Gasteiger partial charge < -0.3 is 19.5 Å². The lowest BCUT2D eigenvalue weighted by Crippen LogP contribution is -2.30. The van der Waals surface area contributed by atoms with Gasteiger partial charge in [0.15, 0.2) is 0 Å². The van der Waals surface area contributed by atoms with Crippen LogP contribution in [0.2, 0.25) is 0 Å². The summed E-state index contributed by atoms with van der Waals surface area (Å²) in [7, 11) is -2.19. The van der Waals surface area contributed by atoms with Gasteiger partial charge in [-0.05, 0) is 24.6 Å². The summed E-state index contributed by atoms with van der Waals surface area (Å²) in [6.07, 6.45) is 2.06. The molecule has 28 heavy (non-hydrogen) atoms. The van der Waals surface area contributed by atoms with Crippen LogP contribution < -0.4 is 10.1 Å². The molecule has 0 saturated heterocycles. The molecule has 0 spiro atoms. The summed E-state index contributed by atoms with van der Waals surface area (Å²) < 4.78 is 42.6. The van der Waals surface area contributed by atoms with Gasteiger partial charge in [-0.3, -0.25) is 4.79 Å². The summed E-state index contributed by atoms with van der Waals surface area (Å²) >= 11 is 0. The summed E-state index contributed by atoms with van der Waals surface area (Å²) in [5.41, 5.74) is 0.281. The Morgan fingerprint density at radius 1 is 1.07 bits per heavy atom. The van der Waals surface area contributed by atoms with Gasteiger partial charge >= 0.3 is 0 Å². The van der Waals surface area contributed by atoms with E-state index in [4.69, 9.17) is 14.2 Å². The van der Waals surface area contributed by atoms with Crippen molar-refractivity contribution in [2.75, 3.05) is 51.9 Å². The van der Waals surface area contributed by atoms with Crippen molar-refractivity contribution in [3.05, 3.63) is 18.2 Å². The Morgan fingerprint density at radius 3 is 2.36 bits per heavy atom. The normalized spacial score (nSPS) is 11.6. The molecule has 0 bridgehead atoms. The molecule has 1 aromatic rings. The van der Waals surface area contributed by atoms with Crippen LogP contribution in [-0.2, 0) is 24.3 Å². The van der Waals surface area contributed by atoms with Crippen molar-refractivity contribution in [1.82, 2.24) is 4.31 Å². The fourth-order valence-electron chi connectivity index (χ4n) is 2.48. The monoisotopic (exact) mass is 416 g/mol. The van der Waals surface area contributed by atoms with Crippen molar-refractivity contribution < 1.29 is 27.4 Å². The first-order valence-electron chi connectivity index (χ1n) is 9.54. The second-order valence-corrected chi connectivity index (χ2v) is 7.96. The van der Waals surface area contributed by atoms with E-state index in [-0.39, 0.29) is 17.2 Å². The van der Waals surface area contributed by atoms with Gasteiger partial charge in [-0.2, -0.15) is 4.31 Å². The van der Waals surface area contributed by atoms with Gasteiger partial charge in [-0.15, -0.1) is 0 Å². The van der Waals surface area contributed by atoms with Gasteiger partial charge in [-0.1, -0.05) is 27.2 Å². The van der Waals surface area contributed by atoms with Gasteiger partial charge in [-0.25, -0.2) is 8.42 Å². The number of methoxy groups -OCH3 is 1. The number of benzene rings is 1. The molecule has 0 unspecified atom stereocenters. The molecule has 0 radical (unpaired) electrons. The first kappa shape index (κ1) is 24.4. The molecular weight excluding hydrogens is 384 g/mol. The minimum absolute atomic E-state index is 0.0949. The average molecular weight is 417 g/mol. The van der Waals surface area contributed by atoms with Crippen molar-refractivity contribution in [3.8, 4) is 5.75 Å². The number of sulfonamides is 1. The lowest BCUT2D eigenvalue weighted by Gasteiger charge is -2.19. The highest BCUT2D eigenvalue weighted by atomic mass is 32.2. The van der Waals surface area contributed by atoms with Crippen LogP contribution in [0, 0.1) is 0 Å². The first-order valence-corrected chi connectivity index (χ1v) is 11.0. The van der Waals surface area contributed by atoms with E-state index < -0.39 is 15.9 Å². The van der Waals surface area contributed by atoms with Crippen LogP contribution in [0.25, 0.3) is 0 Å². The number of hydrogen-bond donors (Lipinski definition) is 1. The average Bonchev–Trinajstić information content (AvgIpc) is 2.68. The Hall–Kier alpha value is -1.68. The Balaban J connectivity index is 2.72. The molecule has 0 aromatic heterocycles. The maximum atomic E-state index is 12.7. The van der Waals surface area contributed by atoms with Gasteiger partial charge in [0.2, 0.25) is 15.9 Å². The van der Waals surface area contributed by atoms with Gasteiger partial charge in [0, 0.05) is 19.7 Å². The summed E-state index contributed by atoms with van der Waals surface area (Å²) in [6, 6.07) is 4.39. The lowest BCUT2D eigenvalue weighted by atomic mass is 10.3. The summed E-state index contributed by atoms with van der Waals surface area (Å²) in [4.78, 5) is 12.2. The Morgan fingerprint density at radius 2 is 1.75 bits per heavy atom. The van der Waals surface area contributed by atoms with Gasteiger partial charge in [0.05, 0.1) is 30.9 Å². The van der Waals surface area contributed by atoms with E-state index in [1.807, 2.05) is 0 Å². The number of ether oxygens (including phenoxy) is 3. The predicted octanol–water partition coefficient (Wildman–Crippen LogP) is 2.50. The third-order valence-corrected chi connectivity index (χ3v) is 6.08. The summed E-state index contributed by atoms with van der Waals surface area (Å²) in [6.45, 7) is 7.61. The minimum atomic E-state index is -3.64. The van der Waals surface area contributed by atoms with Crippen LogP contribution >= 0.6 is 0 Å². The molecule has 0 atom stereocenters. The Bertz CT molecular complexity index is 704. The highest BCUT2D eigenvalue weighted by Gasteiger charge is 2.23. The van der Waals surface area contributed by atoms with Crippen molar-refractivity contribution >= 4 is 21.6 Å². The van der Waals surface area contributed by atoms with Crippen LogP contribution in [-0.4, -0.2) is 65.3 Å². The topological polar surface area (TPSA) is 94.2 Å². The smallest absolute Gasteiger partial charge is 0.250 e. The third kappa shape index (κ3) is 7.38. The maximum Gasteiger partial charge on any atom is 0.250 e. The van der Waals surface area contributed by atoms with Crippen molar-refractivity contribution in [3.63, 3.8) is 0 Å². The van der Waals surface area contributed by atoms with E-state index in [0.29, 0.717) is 38.7 Å². The molecule has 9 heteroatoms. The molecule has 1 rings (SSSR count). The molecular formula is C19H32N2O6S. The second kappa shape index (κ2) is 12.7. The number of amides is 1. The van der Waals surface area contributed by atoms with Crippen molar-refractivity contribution in [2.45, 2.75) is 38.5 Å². The van der Waals surface area contributed by atoms with Gasteiger partial charge in [0.1, 0.15) is 12.4 Å². The molecule has 0 aliphatic rings. The number of unbranched alkanes of at least 4 members (excludes halogenated alkanes) is 1. The fraction of sp³-hybridized carbons (Fsp3) is 0.632. The molecule has 0 saturated carbocycles. The number of anilines is 1. The van der Waals surface area contributed by atoms with Crippen LogP contribution in [0.3, 0.4) is 0 Å². The van der Waals surface area contributed by atoms with Crippen LogP contribution in [0.4, 0.5) is 5.69 Å². The molecule has 1 amide bonds. The van der Waals surface area contributed by atoms with E-state index in [1.165, 1.54) is 29.6 Å². The Labute approximate surface area is 168 Å². The number of carbonyl (C=O) groups is 1.